The molecule has 3 aromatic rings. The smallest absolute Gasteiger partial charge is 0.119 e. The number of hydrogen-bond acceptors (Lipinski definition) is 2. The van der Waals surface area contributed by atoms with Gasteiger partial charge in [0.25, 0.3) is 0 Å². The molecule has 0 spiro atoms. The molecule has 5 rings (SSSR count). The first-order chi connectivity index (χ1) is 14.6. The van der Waals surface area contributed by atoms with Crippen LogP contribution in [0, 0.1) is 5.92 Å². The fourth-order valence-electron chi connectivity index (χ4n) is 4.45. The molecular formula is C25H20Cl3NO. The monoisotopic (exact) mass is 455 g/mol. The summed E-state index contributed by atoms with van der Waals surface area (Å²) in [5.74, 6) is 1.64. The molecule has 1 N–H and O–H groups in total. The molecule has 0 aromatic heterocycles. The highest BCUT2D eigenvalue weighted by Crippen LogP contribution is 2.52. The third-order valence-electron chi connectivity index (χ3n) is 5.99. The second kappa shape index (κ2) is 8.19. The summed E-state index contributed by atoms with van der Waals surface area (Å²) in [5.41, 5.74) is 4.47. The van der Waals surface area contributed by atoms with Crippen LogP contribution < -0.4 is 10.1 Å². The van der Waals surface area contributed by atoms with Crippen molar-refractivity contribution in [2.45, 2.75) is 25.0 Å². The van der Waals surface area contributed by atoms with Crippen LogP contribution in [0.2, 0.25) is 15.1 Å². The van der Waals surface area contributed by atoms with E-state index in [1.165, 1.54) is 11.1 Å². The van der Waals surface area contributed by atoms with Crippen molar-refractivity contribution in [1.82, 2.24) is 0 Å². The molecule has 2 nitrogen and oxygen atoms in total. The van der Waals surface area contributed by atoms with Gasteiger partial charge >= 0.3 is 0 Å². The van der Waals surface area contributed by atoms with Crippen LogP contribution in [-0.2, 0) is 6.61 Å². The van der Waals surface area contributed by atoms with Gasteiger partial charge in [0, 0.05) is 10.9 Å². The predicted molar refractivity (Wildman–Crippen MR) is 125 cm³/mol. The van der Waals surface area contributed by atoms with E-state index in [1.54, 1.807) is 0 Å². The zero-order valence-corrected chi connectivity index (χ0v) is 18.4. The Bertz CT molecular complexity index is 1090. The van der Waals surface area contributed by atoms with E-state index in [9.17, 15) is 0 Å². The van der Waals surface area contributed by atoms with Gasteiger partial charge in [-0.05, 0) is 59.4 Å². The summed E-state index contributed by atoms with van der Waals surface area (Å²) < 4.78 is 5.94. The normalized spacial score (nSPS) is 21.6. The van der Waals surface area contributed by atoms with Crippen LogP contribution >= 0.6 is 34.8 Å². The van der Waals surface area contributed by atoms with Crippen molar-refractivity contribution in [2.24, 2.45) is 5.92 Å². The topological polar surface area (TPSA) is 21.3 Å². The average molecular weight is 457 g/mol. The maximum absolute atomic E-state index is 6.54. The van der Waals surface area contributed by atoms with Gasteiger partial charge in [0.05, 0.1) is 21.8 Å². The molecule has 0 saturated heterocycles. The number of halogens is 3. The summed E-state index contributed by atoms with van der Waals surface area (Å²) in [6.07, 6.45) is 5.60. The quantitative estimate of drug-likeness (QED) is 0.401. The van der Waals surface area contributed by atoms with Crippen LogP contribution in [0.25, 0.3) is 0 Å². The van der Waals surface area contributed by atoms with Crippen LogP contribution in [0.1, 0.15) is 35.1 Å². The molecule has 0 amide bonds. The molecule has 152 valence electrons. The standard InChI is InChI=1S/C25H20Cl3NO/c26-17-8-4-15(5-9-17)14-30-18-10-6-16(7-11-18)24-20-3-1-2-19(20)21-12-13-22(27)23(28)25(21)29-24/h1-2,4-13,19-20,24,29H,3,14H2/t19-,20+,24+/m1/s1. The van der Waals surface area contributed by atoms with E-state index in [1.807, 2.05) is 42.5 Å². The molecule has 0 unspecified atom stereocenters. The van der Waals surface area contributed by atoms with Gasteiger partial charge in [-0.1, -0.05) is 77.3 Å². The summed E-state index contributed by atoms with van der Waals surface area (Å²) in [6.45, 7) is 0.508. The maximum Gasteiger partial charge on any atom is 0.119 e. The zero-order valence-electron chi connectivity index (χ0n) is 16.1. The number of benzene rings is 3. The van der Waals surface area contributed by atoms with Crippen molar-refractivity contribution in [1.29, 1.82) is 0 Å². The van der Waals surface area contributed by atoms with Crippen LogP contribution in [0.4, 0.5) is 5.69 Å². The molecule has 2 aliphatic rings. The highest BCUT2D eigenvalue weighted by Gasteiger charge is 2.38. The number of rotatable bonds is 4. The SMILES string of the molecule is Clc1ccc(COc2ccc([C@@H]3Nc4c(ccc(Cl)c4Cl)[C@@H]4C=CC[C@@H]43)cc2)cc1. The number of fused-ring (bicyclic) bond motifs is 3. The highest BCUT2D eigenvalue weighted by molar-refractivity contribution is 6.43. The number of nitrogens with one attached hydrogen (secondary N) is 1. The lowest BCUT2D eigenvalue weighted by Crippen LogP contribution is -2.29. The van der Waals surface area contributed by atoms with Gasteiger partial charge in [0.15, 0.2) is 0 Å². The maximum atomic E-state index is 6.54. The lowest BCUT2D eigenvalue weighted by Gasteiger charge is -2.38. The Kier molecular flexibility index (Phi) is 5.41. The fraction of sp³-hybridized carbons (Fsp3) is 0.200. The first kappa shape index (κ1) is 19.8. The third kappa shape index (κ3) is 3.69. The molecule has 1 heterocycles. The van der Waals surface area contributed by atoms with E-state index in [2.05, 4.69) is 35.7 Å². The Balaban J connectivity index is 1.36. The predicted octanol–water partition coefficient (Wildman–Crippen LogP) is 8.05. The Morgan fingerprint density at radius 3 is 2.43 bits per heavy atom. The summed E-state index contributed by atoms with van der Waals surface area (Å²) in [6, 6.07) is 20.2. The fourth-order valence-corrected chi connectivity index (χ4v) is 4.96. The Morgan fingerprint density at radius 2 is 1.67 bits per heavy atom. The van der Waals surface area contributed by atoms with Crippen LogP contribution in [0.5, 0.6) is 5.75 Å². The molecule has 0 saturated carbocycles. The van der Waals surface area contributed by atoms with Crippen molar-refractivity contribution in [3.8, 4) is 5.75 Å². The number of allylic oxidation sites excluding steroid dienone is 2. The average Bonchev–Trinajstić information content (AvgIpc) is 3.26. The van der Waals surface area contributed by atoms with E-state index in [0.717, 1.165) is 28.4 Å². The van der Waals surface area contributed by atoms with Gasteiger partial charge in [-0.15, -0.1) is 0 Å². The minimum atomic E-state index is 0.166. The van der Waals surface area contributed by atoms with E-state index in [4.69, 9.17) is 39.5 Å². The zero-order chi connectivity index (χ0) is 20.7. The minimum absolute atomic E-state index is 0.166. The molecule has 1 aliphatic heterocycles. The first-order valence-electron chi connectivity index (χ1n) is 9.98. The van der Waals surface area contributed by atoms with Gasteiger partial charge in [0.1, 0.15) is 12.4 Å². The molecule has 0 fully saturated rings. The molecule has 3 aromatic carbocycles. The Morgan fingerprint density at radius 1 is 0.900 bits per heavy atom. The van der Waals surface area contributed by atoms with E-state index >= 15 is 0 Å². The molecule has 5 heteroatoms. The van der Waals surface area contributed by atoms with Gasteiger partial charge in [-0.2, -0.15) is 0 Å². The first-order valence-corrected chi connectivity index (χ1v) is 11.1. The van der Waals surface area contributed by atoms with E-state index < -0.39 is 0 Å². The molecular weight excluding hydrogens is 437 g/mol. The summed E-state index contributed by atoms with van der Waals surface area (Å²) in [7, 11) is 0. The lowest BCUT2D eigenvalue weighted by atomic mass is 9.77. The van der Waals surface area contributed by atoms with Crippen LogP contribution in [0.15, 0.2) is 72.8 Å². The molecule has 0 bridgehead atoms. The molecule has 1 aliphatic carbocycles. The highest BCUT2D eigenvalue weighted by atomic mass is 35.5. The van der Waals surface area contributed by atoms with Gasteiger partial charge in [0.2, 0.25) is 0 Å². The Labute approximate surface area is 191 Å². The third-order valence-corrected chi connectivity index (χ3v) is 7.04. The largest absolute Gasteiger partial charge is 0.489 e. The van der Waals surface area contributed by atoms with Gasteiger partial charge in [-0.3, -0.25) is 0 Å². The van der Waals surface area contributed by atoms with Gasteiger partial charge in [-0.25, -0.2) is 0 Å². The van der Waals surface area contributed by atoms with Crippen LogP contribution in [0.3, 0.4) is 0 Å². The van der Waals surface area contributed by atoms with Crippen molar-refractivity contribution in [3.05, 3.63) is 105 Å². The van der Waals surface area contributed by atoms with E-state index in [-0.39, 0.29) is 6.04 Å². The second-order valence-corrected chi connectivity index (χ2v) is 9.01. The summed E-state index contributed by atoms with van der Waals surface area (Å²) in [4.78, 5) is 0. The second-order valence-electron chi connectivity index (χ2n) is 7.79. The molecule has 30 heavy (non-hydrogen) atoms. The number of hydrogen-bond donors (Lipinski definition) is 1. The summed E-state index contributed by atoms with van der Waals surface area (Å²) >= 11 is 18.8. The Hall–Kier alpha value is -2.13. The van der Waals surface area contributed by atoms with Gasteiger partial charge < -0.3 is 10.1 Å². The molecule has 0 radical (unpaired) electrons. The molecule has 3 atom stereocenters. The number of anilines is 1. The van der Waals surface area contributed by atoms with Crippen molar-refractivity contribution in [3.63, 3.8) is 0 Å². The van der Waals surface area contributed by atoms with E-state index in [0.29, 0.717) is 28.5 Å². The number of ether oxygens (including phenoxy) is 1. The van der Waals surface area contributed by atoms with Crippen LogP contribution in [-0.4, -0.2) is 0 Å². The van der Waals surface area contributed by atoms with Crippen molar-refractivity contribution < 1.29 is 4.74 Å². The van der Waals surface area contributed by atoms with Crippen molar-refractivity contribution in [2.75, 3.05) is 5.32 Å². The summed E-state index contributed by atoms with van der Waals surface area (Å²) in [5, 5.41) is 5.57. The lowest BCUT2D eigenvalue weighted by molar-refractivity contribution is 0.306. The minimum Gasteiger partial charge on any atom is -0.489 e. The van der Waals surface area contributed by atoms with Crippen molar-refractivity contribution >= 4 is 40.5 Å².